The molecule has 0 saturated carbocycles. The summed E-state index contributed by atoms with van der Waals surface area (Å²) in [6, 6.07) is 3.63. The van der Waals surface area contributed by atoms with Gasteiger partial charge in [-0.2, -0.15) is 5.10 Å². The molecule has 7 nitrogen and oxygen atoms in total. The lowest BCUT2D eigenvalue weighted by Crippen LogP contribution is -2.32. The van der Waals surface area contributed by atoms with Crippen molar-refractivity contribution in [2.24, 2.45) is 0 Å². The fourth-order valence-electron chi connectivity index (χ4n) is 3.96. The summed E-state index contributed by atoms with van der Waals surface area (Å²) in [6.07, 6.45) is 8.03. The van der Waals surface area contributed by atoms with Crippen LogP contribution in [-0.2, 0) is 17.8 Å². The standard InChI is InChI=1S/C20H26N4O3/c1-2-18-21-23(12-7-8-19(25)22-10-5-3-4-6-11-22)20(26)16-14-17-15(24(16)18)9-13-27-17/h9,13-14H,2-8,10-12H2,1H3. The summed E-state index contributed by atoms with van der Waals surface area (Å²) in [5, 5.41) is 4.55. The van der Waals surface area contributed by atoms with Gasteiger partial charge in [-0.3, -0.25) is 14.0 Å². The number of aryl methyl sites for hydroxylation is 2. The van der Waals surface area contributed by atoms with Crippen molar-refractivity contribution in [1.29, 1.82) is 0 Å². The Hall–Kier alpha value is -2.57. The second kappa shape index (κ2) is 7.58. The number of amides is 1. The van der Waals surface area contributed by atoms with Crippen LogP contribution in [0.5, 0.6) is 0 Å². The van der Waals surface area contributed by atoms with Gasteiger partial charge in [0.1, 0.15) is 11.3 Å². The number of hydrogen-bond acceptors (Lipinski definition) is 4. The summed E-state index contributed by atoms with van der Waals surface area (Å²) in [5.41, 5.74) is 2.00. The minimum absolute atomic E-state index is 0.138. The van der Waals surface area contributed by atoms with Gasteiger partial charge in [-0.1, -0.05) is 19.8 Å². The van der Waals surface area contributed by atoms with Gasteiger partial charge >= 0.3 is 0 Å². The first kappa shape index (κ1) is 17.8. The van der Waals surface area contributed by atoms with Crippen molar-refractivity contribution in [3.63, 3.8) is 0 Å². The summed E-state index contributed by atoms with van der Waals surface area (Å²) in [5.74, 6) is 1.02. The van der Waals surface area contributed by atoms with Crippen molar-refractivity contribution in [3.8, 4) is 0 Å². The Bertz CT molecular complexity index is 1010. The van der Waals surface area contributed by atoms with Crippen LogP contribution in [0.3, 0.4) is 0 Å². The number of aromatic nitrogens is 3. The molecule has 144 valence electrons. The van der Waals surface area contributed by atoms with E-state index in [4.69, 9.17) is 4.42 Å². The lowest BCUT2D eigenvalue weighted by atomic mass is 10.2. The molecule has 0 aliphatic carbocycles. The molecule has 1 saturated heterocycles. The molecular formula is C20H26N4O3. The summed E-state index contributed by atoms with van der Waals surface area (Å²) >= 11 is 0. The van der Waals surface area contributed by atoms with Crippen LogP contribution in [0.2, 0.25) is 0 Å². The zero-order valence-electron chi connectivity index (χ0n) is 15.8. The molecule has 0 atom stereocenters. The fourth-order valence-corrected chi connectivity index (χ4v) is 3.96. The number of hydrogen-bond donors (Lipinski definition) is 0. The normalized spacial score (nSPS) is 15.5. The van der Waals surface area contributed by atoms with E-state index in [9.17, 15) is 9.59 Å². The summed E-state index contributed by atoms with van der Waals surface area (Å²) in [4.78, 5) is 27.3. The summed E-state index contributed by atoms with van der Waals surface area (Å²) in [7, 11) is 0. The van der Waals surface area contributed by atoms with Crippen molar-refractivity contribution in [2.45, 2.75) is 58.4 Å². The van der Waals surface area contributed by atoms with Crippen molar-refractivity contribution in [2.75, 3.05) is 13.1 Å². The highest BCUT2D eigenvalue weighted by Crippen LogP contribution is 2.20. The molecule has 0 N–H and O–H groups in total. The van der Waals surface area contributed by atoms with E-state index in [1.165, 1.54) is 17.5 Å². The molecule has 0 unspecified atom stereocenters. The topological polar surface area (TPSA) is 72.8 Å². The van der Waals surface area contributed by atoms with Gasteiger partial charge in [0.15, 0.2) is 5.58 Å². The van der Waals surface area contributed by atoms with Crippen LogP contribution in [-0.4, -0.2) is 38.1 Å². The average Bonchev–Trinajstić information content (AvgIpc) is 3.15. The second-order valence-electron chi connectivity index (χ2n) is 7.23. The monoisotopic (exact) mass is 370 g/mol. The van der Waals surface area contributed by atoms with E-state index in [1.54, 1.807) is 12.3 Å². The maximum absolute atomic E-state index is 12.8. The predicted octanol–water partition coefficient (Wildman–Crippen LogP) is 2.99. The zero-order chi connectivity index (χ0) is 18.8. The Morgan fingerprint density at radius 2 is 1.96 bits per heavy atom. The highest BCUT2D eigenvalue weighted by molar-refractivity contribution is 5.82. The van der Waals surface area contributed by atoms with Gasteiger partial charge in [0.2, 0.25) is 5.91 Å². The van der Waals surface area contributed by atoms with E-state index in [2.05, 4.69) is 5.10 Å². The lowest BCUT2D eigenvalue weighted by Gasteiger charge is -2.20. The van der Waals surface area contributed by atoms with Crippen LogP contribution in [0.15, 0.2) is 27.6 Å². The molecule has 0 aromatic carbocycles. The molecule has 4 heterocycles. The average molecular weight is 370 g/mol. The molecule has 0 bridgehead atoms. The van der Waals surface area contributed by atoms with E-state index in [0.717, 1.165) is 37.3 Å². The SMILES string of the molecule is CCc1nn(CCCC(=O)N2CCCCCC2)c(=O)c2cc3occc3n12. The molecule has 1 aliphatic heterocycles. The van der Waals surface area contributed by atoms with Gasteiger partial charge < -0.3 is 9.32 Å². The fraction of sp³-hybridized carbons (Fsp3) is 0.550. The van der Waals surface area contributed by atoms with Crippen LogP contribution in [0.1, 0.15) is 51.3 Å². The largest absolute Gasteiger partial charge is 0.463 e. The molecule has 27 heavy (non-hydrogen) atoms. The van der Waals surface area contributed by atoms with Gasteiger partial charge in [0.25, 0.3) is 5.56 Å². The third-order valence-electron chi connectivity index (χ3n) is 5.41. The lowest BCUT2D eigenvalue weighted by molar-refractivity contribution is -0.131. The molecule has 0 spiro atoms. The maximum Gasteiger partial charge on any atom is 0.291 e. The number of carbonyl (C=O) groups is 1. The minimum Gasteiger partial charge on any atom is -0.463 e. The second-order valence-corrected chi connectivity index (χ2v) is 7.23. The first-order valence-corrected chi connectivity index (χ1v) is 9.95. The maximum atomic E-state index is 12.8. The molecule has 1 aliphatic rings. The zero-order valence-corrected chi connectivity index (χ0v) is 15.8. The Labute approximate surface area is 157 Å². The van der Waals surface area contributed by atoms with Crippen molar-refractivity contribution < 1.29 is 9.21 Å². The molecule has 3 aromatic heterocycles. The van der Waals surface area contributed by atoms with E-state index >= 15 is 0 Å². The van der Waals surface area contributed by atoms with Crippen LogP contribution < -0.4 is 5.56 Å². The Morgan fingerprint density at radius 3 is 2.70 bits per heavy atom. The number of likely N-dealkylation sites (tertiary alicyclic amines) is 1. The Morgan fingerprint density at radius 1 is 1.19 bits per heavy atom. The number of nitrogens with zero attached hydrogens (tertiary/aromatic N) is 4. The molecule has 0 radical (unpaired) electrons. The minimum atomic E-state index is -0.138. The van der Waals surface area contributed by atoms with E-state index in [0.29, 0.717) is 36.9 Å². The van der Waals surface area contributed by atoms with Gasteiger partial charge in [0, 0.05) is 44.6 Å². The van der Waals surface area contributed by atoms with Crippen molar-refractivity contribution >= 4 is 22.5 Å². The number of fused-ring (bicyclic) bond motifs is 3. The van der Waals surface area contributed by atoms with Gasteiger partial charge in [0.05, 0.1) is 11.8 Å². The van der Waals surface area contributed by atoms with Gasteiger partial charge in [-0.15, -0.1) is 0 Å². The number of rotatable bonds is 5. The van der Waals surface area contributed by atoms with Crippen LogP contribution in [0.25, 0.3) is 16.6 Å². The Kier molecular flexibility index (Phi) is 5.01. The molecule has 3 aromatic rings. The van der Waals surface area contributed by atoms with Crippen molar-refractivity contribution in [1.82, 2.24) is 19.1 Å². The first-order chi connectivity index (χ1) is 13.2. The summed E-state index contributed by atoms with van der Waals surface area (Å²) in [6.45, 7) is 4.21. The highest BCUT2D eigenvalue weighted by Gasteiger charge is 2.17. The van der Waals surface area contributed by atoms with Gasteiger partial charge in [-0.05, 0) is 19.3 Å². The molecule has 7 heteroatoms. The number of furan rings is 1. The quantitative estimate of drug-likeness (QED) is 0.692. The van der Waals surface area contributed by atoms with E-state index < -0.39 is 0 Å². The molecule has 4 rings (SSSR count). The van der Waals surface area contributed by atoms with Gasteiger partial charge in [-0.25, -0.2) is 4.68 Å². The van der Waals surface area contributed by atoms with Crippen LogP contribution in [0, 0.1) is 0 Å². The van der Waals surface area contributed by atoms with E-state index in [-0.39, 0.29) is 11.5 Å². The Balaban J connectivity index is 1.51. The van der Waals surface area contributed by atoms with Crippen LogP contribution >= 0.6 is 0 Å². The summed E-state index contributed by atoms with van der Waals surface area (Å²) < 4.78 is 8.82. The third kappa shape index (κ3) is 3.38. The highest BCUT2D eigenvalue weighted by atomic mass is 16.3. The number of carbonyl (C=O) groups excluding carboxylic acids is 1. The first-order valence-electron chi connectivity index (χ1n) is 9.95. The smallest absolute Gasteiger partial charge is 0.291 e. The third-order valence-corrected chi connectivity index (χ3v) is 5.41. The predicted molar refractivity (Wildman–Crippen MR) is 103 cm³/mol. The van der Waals surface area contributed by atoms with Crippen LogP contribution in [0.4, 0.5) is 0 Å². The molecular weight excluding hydrogens is 344 g/mol. The molecule has 1 amide bonds. The van der Waals surface area contributed by atoms with Crippen molar-refractivity contribution in [3.05, 3.63) is 34.6 Å². The van der Waals surface area contributed by atoms with E-state index in [1.807, 2.05) is 22.3 Å². The molecule has 1 fully saturated rings.